The van der Waals surface area contributed by atoms with Crippen molar-refractivity contribution in [2.24, 2.45) is 0 Å². The Morgan fingerprint density at radius 3 is 2.39 bits per heavy atom. The van der Waals surface area contributed by atoms with Crippen LogP contribution in [0.1, 0.15) is 46.1 Å². The van der Waals surface area contributed by atoms with Crippen molar-refractivity contribution < 1.29 is 17.9 Å². The number of amides is 1. The molecule has 0 aliphatic heterocycles. The molecule has 0 heterocycles. The first-order chi connectivity index (χ1) is 13.0. The van der Waals surface area contributed by atoms with Crippen molar-refractivity contribution in [3.63, 3.8) is 0 Å². The van der Waals surface area contributed by atoms with Gasteiger partial charge in [0.1, 0.15) is 5.75 Å². The average Bonchev–Trinajstić information content (AvgIpc) is 2.58. The maximum atomic E-state index is 12.4. The Bertz CT molecular complexity index is 931. The Kier molecular flexibility index (Phi) is 6.85. The van der Waals surface area contributed by atoms with Crippen LogP contribution in [0.5, 0.6) is 5.75 Å². The van der Waals surface area contributed by atoms with Crippen molar-refractivity contribution >= 4 is 21.6 Å². The molecule has 0 aromatic heterocycles. The molecule has 0 radical (unpaired) electrons. The molecule has 0 aliphatic rings. The molecule has 1 amide bonds. The minimum atomic E-state index is -3.68. The molecule has 6 nitrogen and oxygen atoms in total. The molecular formula is C21H28N2O4S. The van der Waals surface area contributed by atoms with Crippen LogP contribution >= 0.6 is 0 Å². The van der Waals surface area contributed by atoms with Crippen LogP contribution in [0.25, 0.3) is 0 Å². The van der Waals surface area contributed by atoms with Crippen molar-refractivity contribution in [3.8, 4) is 5.75 Å². The number of ether oxygens (including phenoxy) is 1. The zero-order valence-electron chi connectivity index (χ0n) is 16.9. The summed E-state index contributed by atoms with van der Waals surface area (Å²) in [5, 5.41) is 2.68. The molecule has 0 bridgehead atoms. The van der Waals surface area contributed by atoms with Crippen LogP contribution in [-0.2, 0) is 14.8 Å². The van der Waals surface area contributed by atoms with E-state index in [1.165, 1.54) is 12.1 Å². The normalized spacial score (nSPS) is 12.1. The quantitative estimate of drug-likeness (QED) is 0.733. The molecule has 0 saturated carbocycles. The van der Waals surface area contributed by atoms with Crippen molar-refractivity contribution in [1.82, 2.24) is 4.72 Å². The summed E-state index contributed by atoms with van der Waals surface area (Å²) in [4.78, 5) is 12.3. The zero-order valence-corrected chi connectivity index (χ0v) is 17.8. The molecule has 2 aromatic rings. The number of hydrogen-bond acceptors (Lipinski definition) is 4. The lowest BCUT2D eigenvalue weighted by atomic mass is 10.0. The van der Waals surface area contributed by atoms with Crippen molar-refractivity contribution in [2.75, 3.05) is 11.9 Å². The lowest BCUT2D eigenvalue weighted by Gasteiger charge is -2.20. The highest BCUT2D eigenvalue weighted by Gasteiger charge is 2.22. The van der Waals surface area contributed by atoms with E-state index in [0.29, 0.717) is 11.4 Å². The molecule has 152 valence electrons. The molecule has 0 unspecified atom stereocenters. The molecule has 7 heteroatoms. The minimum absolute atomic E-state index is 0.0892. The van der Waals surface area contributed by atoms with E-state index in [2.05, 4.69) is 23.9 Å². The topological polar surface area (TPSA) is 84.5 Å². The maximum Gasteiger partial charge on any atom is 0.262 e. The molecule has 0 atom stereocenters. The third-order valence-electron chi connectivity index (χ3n) is 3.77. The first kappa shape index (κ1) is 21.9. The molecule has 0 saturated heterocycles. The Labute approximate surface area is 167 Å². The van der Waals surface area contributed by atoms with E-state index in [4.69, 9.17) is 4.74 Å². The number of benzene rings is 2. The smallest absolute Gasteiger partial charge is 0.262 e. The van der Waals surface area contributed by atoms with Gasteiger partial charge in [-0.3, -0.25) is 4.79 Å². The van der Waals surface area contributed by atoms with Crippen LogP contribution in [0.2, 0.25) is 0 Å². The number of carbonyl (C=O) groups excluding carboxylic acids is 1. The van der Waals surface area contributed by atoms with Crippen molar-refractivity contribution in [1.29, 1.82) is 0 Å². The number of anilines is 1. The van der Waals surface area contributed by atoms with Crippen LogP contribution in [-0.4, -0.2) is 26.5 Å². The van der Waals surface area contributed by atoms with Gasteiger partial charge >= 0.3 is 0 Å². The van der Waals surface area contributed by atoms with Gasteiger partial charge in [-0.15, -0.1) is 0 Å². The number of carbonyl (C=O) groups is 1. The third kappa shape index (κ3) is 6.35. The third-order valence-corrected chi connectivity index (χ3v) is 5.52. The molecule has 0 fully saturated rings. The summed E-state index contributed by atoms with van der Waals surface area (Å²) >= 11 is 0. The number of hydrogen-bond donors (Lipinski definition) is 2. The van der Waals surface area contributed by atoms with E-state index < -0.39 is 15.6 Å². The molecule has 2 N–H and O–H groups in total. The molecule has 2 rings (SSSR count). The summed E-state index contributed by atoms with van der Waals surface area (Å²) in [5.41, 5.74) is 0.814. The summed E-state index contributed by atoms with van der Waals surface area (Å²) in [6.07, 6.45) is 0. The van der Waals surface area contributed by atoms with Crippen LogP contribution in [0.4, 0.5) is 5.69 Å². The Morgan fingerprint density at radius 2 is 1.75 bits per heavy atom. The van der Waals surface area contributed by atoms with E-state index in [-0.39, 0.29) is 23.3 Å². The largest absolute Gasteiger partial charge is 0.483 e. The summed E-state index contributed by atoms with van der Waals surface area (Å²) < 4.78 is 33.1. The van der Waals surface area contributed by atoms with E-state index in [1.54, 1.807) is 32.9 Å². The first-order valence-corrected chi connectivity index (χ1v) is 10.6. The fraction of sp³-hybridized carbons (Fsp3) is 0.381. The molecule has 2 aromatic carbocycles. The van der Waals surface area contributed by atoms with Crippen LogP contribution < -0.4 is 14.8 Å². The van der Waals surface area contributed by atoms with Gasteiger partial charge in [0.2, 0.25) is 10.0 Å². The molecule has 28 heavy (non-hydrogen) atoms. The first-order valence-electron chi connectivity index (χ1n) is 9.13. The molecular weight excluding hydrogens is 376 g/mol. The van der Waals surface area contributed by atoms with Crippen LogP contribution in [0.15, 0.2) is 53.4 Å². The summed E-state index contributed by atoms with van der Waals surface area (Å²) in [6.45, 7) is 9.24. The molecule has 0 aliphatic carbocycles. The maximum absolute atomic E-state index is 12.4. The Balaban J connectivity index is 2.06. The second-order valence-corrected chi connectivity index (χ2v) is 9.60. The predicted molar refractivity (Wildman–Crippen MR) is 111 cm³/mol. The van der Waals surface area contributed by atoms with Gasteiger partial charge in [0.05, 0.1) is 4.90 Å². The highest BCUT2D eigenvalue weighted by Crippen LogP contribution is 2.25. The van der Waals surface area contributed by atoms with Gasteiger partial charge in [-0.25, -0.2) is 13.1 Å². The van der Waals surface area contributed by atoms with Crippen molar-refractivity contribution in [3.05, 3.63) is 54.1 Å². The number of sulfonamides is 1. The van der Waals surface area contributed by atoms with E-state index in [9.17, 15) is 13.2 Å². The zero-order chi connectivity index (χ0) is 20.9. The second kappa shape index (κ2) is 8.75. The summed E-state index contributed by atoms with van der Waals surface area (Å²) in [6, 6.07) is 13.7. The fourth-order valence-electron chi connectivity index (χ4n) is 2.63. The van der Waals surface area contributed by atoms with Crippen molar-refractivity contribution in [2.45, 2.75) is 51.0 Å². The van der Waals surface area contributed by atoms with E-state index in [0.717, 1.165) is 5.56 Å². The Hall–Kier alpha value is -2.38. The van der Waals surface area contributed by atoms with Gasteiger partial charge in [-0.1, -0.05) is 38.1 Å². The highest BCUT2D eigenvalue weighted by atomic mass is 32.2. The number of rotatable bonds is 7. The predicted octanol–water partition coefficient (Wildman–Crippen LogP) is 3.90. The van der Waals surface area contributed by atoms with Gasteiger partial charge < -0.3 is 10.1 Å². The summed E-state index contributed by atoms with van der Waals surface area (Å²) in [5.74, 6) is 0.576. The van der Waals surface area contributed by atoms with Gasteiger partial charge in [0.15, 0.2) is 6.61 Å². The highest BCUT2D eigenvalue weighted by molar-refractivity contribution is 7.89. The Morgan fingerprint density at radius 1 is 1.07 bits per heavy atom. The minimum Gasteiger partial charge on any atom is -0.483 e. The monoisotopic (exact) mass is 404 g/mol. The van der Waals surface area contributed by atoms with Crippen LogP contribution in [0, 0.1) is 0 Å². The summed E-state index contributed by atoms with van der Waals surface area (Å²) in [7, 11) is -3.68. The van der Waals surface area contributed by atoms with E-state index in [1.807, 2.05) is 24.3 Å². The number of para-hydroxylation sites is 1. The van der Waals surface area contributed by atoms with Gasteiger partial charge in [-0.2, -0.15) is 0 Å². The lowest BCUT2D eigenvalue weighted by molar-refractivity contribution is -0.118. The standard InChI is InChI=1S/C21H28N2O4S/c1-15(2)18-11-6-7-12-19(18)27-14-20(24)22-16-9-8-10-17(13-16)28(25,26)23-21(3,4)5/h6-13,15,23H,14H2,1-5H3,(H,22,24). The van der Waals surface area contributed by atoms with E-state index >= 15 is 0 Å². The lowest BCUT2D eigenvalue weighted by Crippen LogP contribution is -2.40. The fourth-order valence-corrected chi connectivity index (χ4v) is 4.10. The van der Waals surface area contributed by atoms with Gasteiger partial charge in [0.25, 0.3) is 5.91 Å². The average molecular weight is 405 g/mol. The molecule has 0 spiro atoms. The van der Waals surface area contributed by atoms with Crippen LogP contribution in [0.3, 0.4) is 0 Å². The van der Waals surface area contributed by atoms with Gasteiger partial charge in [-0.05, 0) is 56.5 Å². The second-order valence-electron chi connectivity index (χ2n) is 7.91. The number of nitrogens with one attached hydrogen (secondary N) is 2. The van der Waals surface area contributed by atoms with Gasteiger partial charge in [0, 0.05) is 11.2 Å². The SMILES string of the molecule is CC(C)c1ccccc1OCC(=O)Nc1cccc(S(=O)(=O)NC(C)(C)C)c1.